The lowest BCUT2D eigenvalue weighted by Crippen LogP contribution is -2.08. The fraction of sp³-hybridized carbons (Fsp3) is 0. The number of hydrazone groups is 1. The standard InChI is InChI=1S/C13H9N3O3S/c17-11-7-20-13(15-11)16-14-5-8-6-19-10-4-2-1-3-9(10)12(8)18/h1-7,17H,(H,15,16)/b14-5+. The minimum Gasteiger partial charge on any atom is -0.493 e. The van der Waals surface area contributed by atoms with E-state index in [4.69, 9.17) is 9.52 Å². The van der Waals surface area contributed by atoms with Crippen molar-refractivity contribution in [2.45, 2.75) is 0 Å². The van der Waals surface area contributed by atoms with Gasteiger partial charge in [-0.2, -0.15) is 10.1 Å². The van der Waals surface area contributed by atoms with Gasteiger partial charge >= 0.3 is 0 Å². The Morgan fingerprint density at radius 3 is 3.05 bits per heavy atom. The highest BCUT2D eigenvalue weighted by Gasteiger charge is 2.04. The number of nitrogens with one attached hydrogen (secondary N) is 1. The summed E-state index contributed by atoms with van der Waals surface area (Å²) < 4.78 is 5.36. The number of aromatic nitrogens is 1. The lowest BCUT2D eigenvalue weighted by Gasteiger charge is -1.97. The summed E-state index contributed by atoms with van der Waals surface area (Å²) in [6.45, 7) is 0. The fourth-order valence-electron chi connectivity index (χ4n) is 1.66. The monoisotopic (exact) mass is 287 g/mol. The average molecular weight is 287 g/mol. The second-order valence-electron chi connectivity index (χ2n) is 3.90. The van der Waals surface area contributed by atoms with E-state index in [2.05, 4.69) is 15.5 Å². The molecule has 2 heterocycles. The van der Waals surface area contributed by atoms with Gasteiger partial charge in [-0.05, 0) is 12.1 Å². The SMILES string of the molecule is O=c1c(/C=N/Nc2nc(O)cs2)coc2ccccc12. The molecule has 0 radical (unpaired) electrons. The van der Waals surface area contributed by atoms with Gasteiger partial charge in [0.15, 0.2) is 0 Å². The van der Waals surface area contributed by atoms with Crippen LogP contribution in [0.3, 0.4) is 0 Å². The molecule has 7 heteroatoms. The second kappa shape index (κ2) is 5.14. The molecular formula is C13H9N3O3S. The Morgan fingerprint density at radius 1 is 1.40 bits per heavy atom. The van der Waals surface area contributed by atoms with Crippen molar-refractivity contribution in [3.63, 3.8) is 0 Å². The van der Waals surface area contributed by atoms with E-state index in [1.54, 1.807) is 24.3 Å². The maximum Gasteiger partial charge on any atom is 0.223 e. The number of benzene rings is 1. The van der Waals surface area contributed by atoms with Gasteiger partial charge in [0.2, 0.25) is 16.4 Å². The van der Waals surface area contributed by atoms with Crippen LogP contribution in [-0.2, 0) is 0 Å². The molecule has 0 amide bonds. The number of aromatic hydroxyl groups is 1. The van der Waals surface area contributed by atoms with Crippen molar-refractivity contribution in [3.05, 3.63) is 51.7 Å². The van der Waals surface area contributed by atoms with E-state index in [-0.39, 0.29) is 11.3 Å². The first-order valence-electron chi connectivity index (χ1n) is 5.68. The van der Waals surface area contributed by atoms with E-state index >= 15 is 0 Å². The van der Waals surface area contributed by atoms with E-state index < -0.39 is 0 Å². The van der Waals surface area contributed by atoms with Crippen molar-refractivity contribution in [2.75, 3.05) is 5.43 Å². The Balaban J connectivity index is 1.87. The summed E-state index contributed by atoms with van der Waals surface area (Å²) in [5, 5.41) is 15.4. The highest BCUT2D eigenvalue weighted by Crippen LogP contribution is 2.19. The molecule has 0 aliphatic carbocycles. The van der Waals surface area contributed by atoms with Gasteiger partial charge in [-0.25, -0.2) is 0 Å². The van der Waals surface area contributed by atoms with Crippen molar-refractivity contribution in [2.24, 2.45) is 5.10 Å². The molecule has 0 aliphatic rings. The van der Waals surface area contributed by atoms with Crippen LogP contribution < -0.4 is 10.9 Å². The molecular weight excluding hydrogens is 278 g/mol. The minimum absolute atomic E-state index is 0.0714. The van der Waals surface area contributed by atoms with E-state index in [1.165, 1.54) is 29.2 Å². The number of para-hydroxylation sites is 1. The van der Waals surface area contributed by atoms with Gasteiger partial charge in [-0.1, -0.05) is 23.5 Å². The molecule has 3 rings (SSSR count). The van der Waals surface area contributed by atoms with Gasteiger partial charge in [0.25, 0.3) is 0 Å². The van der Waals surface area contributed by atoms with Crippen molar-refractivity contribution >= 4 is 33.7 Å². The molecule has 20 heavy (non-hydrogen) atoms. The summed E-state index contributed by atoms with van der Waals surface area (Å²) in [5.74, 6) is -0.0714. The summed E-state index contributed by atoms with van der Waals surface area (Å²) in [7, 11) is 0. The van der Waals surface area contributed by atoms with E-state index in [0.717, 1.165) is 0 Å². The van der Waals surface area contributed by atoms with Crippen LogP contribution in [0, 0.1) is 0 Å². The molecule has 0 fully saturated rings. The quantitative estimate of drug-likeness (QED) is 0.570. The number of nitrogens with zero attached hydrogens (tertiary/aromatic N) is 2. The summed E-state index contributed by atoms with van der Waals surface area (Å²) >= 11 is 1.20. The molecule has 0 bridgehead atoms. The molecule has 2 N–H and O–H groups in total. The van der Waals surface area contributed by atoms with Crippen LogP contribution in [0.4, 0.5) is 5.13 Å². The first-order chi connectivity index (χ1) is 9.74. The number of rotatable bonds is 3. The van der Waals surface area contributed by atoms with Crippen LogP contribution in [0.1, 0.15) is 5.56 Å². The molecule has 6 nitrogen and oxygen atoms in total. The number of anilines is 1. The third kappa shape index (κ3) is 2.39. The Kier molecular flexibility index (Phi) is 3.18. The third-order valence-electron chi connectivity index (χ3n) is 2.56. The maximum atomic E-state index is 12.1. The highest BCUT2D eigenvalue weighted by molar-refractivity contribution is 7.13. The van der Waals surface area contributed by atoms with Gasteiger partial charge in [0, 0.05) is 0 Å². The van der Waals surface area contributed by atoms with Crippen molar-refractivity contribution in [3.8, 4) is 5.88 Å². The molecule has 0 saturated heterocycles. The van der Waals surface area contributed by atoms with Crippen molar-refractivity contribution < 1.29 is 9.52 Å². The van der Waals surface area contributed by atoms with E-state index in [0.29, 0.717) is 21.7 Å². The van der Waals surface area contributed by atoms with E-state index in [1.807, 2.05) is 0 Å². The molecule has 0 saturated carbocycles. The highest BCUT2D eigenvalue weighted by atomic mass is 32.1. The largest absolute Gasteiger partial charge is 0.493 e. The summed E-state index contributed by atoms with van der Waals surface area (Å²) in [6.07, 6.45) is 2.71. The summed E-state index contributed by atoms with van der Waals surface area (Å²) in [4.78, 5) is 15.9. The van der Waals surface area contributed by atoms with Crippen LogP contribution in [0.2, 0.25) is 0 Å². The van der Waals surface area contributed by atoms with Crippen LogP contribution in [0.5, 0.6) is 5.88 Å². The maximum absolute atomic E-state index is 12.1. The molecule has 3 aromatic rings. The molecule has 0 aliphatic heterocycles. The molecule has 0 spiro atoms. The molecule has 1 aromatic carbocycles. The predicted octanol–water partition coefficient (Wildman–Crippen LogP) is 2.40. The molecule has 2 aromatic heterocycles. The van der Waals surface area contributed by atoms with Crippen molar-refractivity contribution in [1.29, 1.82) is 0 Å². The lowest BCUT2D eigenvalue weighted by atomic mass is 10.2. The number of thiazole rings is 1. The number of fused-ring (bicyclic) bond motifs is 1. The Hall–Kier alpha value is -2.67. The summed E-state index contributed by atoms with van der Waals surface area (Å²) in [5.41, 5.74) is 3.34. The zero-order chi connectivity index (χ0) is 13.9. The number of hydrogen-bond donors (Lipinski definition) is 2. The molecule has 100 valence electrons. The minimum atomic E-state index is -0.153. The Labute approximate surface area is 117 Å². The smallest absolute Gasteiger partial charge is 0.223 e. The van der Waals surface area contributed by atoms with Gasteiger partial charge in [-0.3, -0.25) is 10.2 Å². The second-order valence-corrected chi connectivity index (χ2v) is 4.76. The van der Waals surface area contributed by atoms with E-state index in [9.17, 15) is 4.79 Å². The normalized spacial score (nSPS) is 11.2. The first kappa shape index (κ1) is 12.4. The Morgan fingerprint density at radius 2 is 2.25 bits per heavy atom. The van der Waals surface area contributed by atoms with Gasteiger partial charge < -0.3 is 9.52 Å². The zero-order valence-corrected chi connectivity index (χ0v) is 10.9. The van der Waals surface area contributed by atoms with Gasteiger partial charge in [0.1, 0.15) is 11.8 Å². The lowest BCUT2D eigenvalue weighted by molar-refractivity contribution is 0.458. The first-order valence-corrected chi connectivity index (χ1v) is 6.56. The third-order valence-corrected chi connectivity index (χ3v) is 3.30. The molecule has 0 unspecified atom stereocenters. The topological polar surface area (TPSA) is 87.7 Å². The van der Waals surface area contributed by atoms with Crippen LogP contribution in [0.25, 0.3) is 11.0 Å². The summed E-state index contributed by atoms with van der Waals surface area (Å²) in [6, 6.07) is 7.01. The predicted molar refractivity (Wildman–Crippen MR) is 77.5 cm³/mol. The van der Waals surface area contributed by atoms with Crippen LogP contribution >= 0.6 is 11.3 Å². The molecule has 0 atom stereocenters. The van der Waals surface area contributed by atoms with Gasteiger partial charge in [0.05, 0.1) is 22.5 Å². The number of hydrogen-bond acceptors (Lipinski definition) is 7. The van der Waals surface area contributed by atoms with Crippen LogP contribution in [-0.4, -0.2) is 16.3 Å². The van der Waals surface area contributed by atoms with Gasteiger partial charge in [-0.15, -0.1) is 0 Å². The average Bonchev–Trinajstić information content (AvgIpc) is 2.87. The van der Waals surface area contributed by atoms with Crippen molar-refractivity contribution in [1.82, 2.24) is 4.98 Å². The Bertz CT molecular complexity index is 838. The fourth-order valence-corrected chi connectivity index (χ4v) is 2.18. The van der Waals surface area contributed by atoms with Crippen LogP contribution in [0.15, 0.2) is 50.2 Å². The zero-order valence-electron chi connectivity index (χ0n) is 10.1.